The van der Waals surface area contributed by atoms with E-state index in [0.29, 0.717) is 0 Å². The third-order valence-corrected chi connectivity index (χ3v) is 4.50. The third kappa shape index (κ3) is 1.94. The van der Waals surface area contributed by atoms with Gasteiger partial charge in [-0.1, -0.05) is 17.7 Å². The molecule has 0 aliphatic rings. The highest BCUT2D eigenvalue weighted by Gasteiger charge is 2.43. The van der Waals surface area contributed by atoms with Crippen LogP contribution in [0, 0.1) is 6.92 Å². The van der Waals surface area contributed by atoms with E-state index in [0.717, 1.165) is 12.5 Å². The van der Waals surface area contributed by atoms with Crippen LogP contribution in [-0.2, 0) is 14.6 Å². The van der Waals surface area contributed by atoms with E-state index >= 15 is 0 Å². The van der Waals surface area contributed by atoms with Gasteiger partial charge in [0.15, 0.2) is 0 Å². The van der Waals surface area contributed by atoms with Crippen LogP contribution in [0.15, 0.2) is 29.2 Å². The molecule has 6 heteroatoms. The number of carboxylic acids is 1. The zero-order valence-corrected chi connectivity index (χ0v) is 9.78. The quantitative estimate of drug-likeness (QED) is 0.807. The second kappa shape index (κ2) is 3.88. The molecule has 0 aliphatic heterocycles. The predicted octanol–water partition coefficient (Wildman–Crippen LogP) is 0.528. The number of carbonyl (C=O) groups is 1. The lowest BCUT2D eigenvalue weighted by Crippen LogP contribution is -2.51. The van der Waals surface area contributed by atoms with Crippen LogP contribution in [0.2, 0.25) is 0 Å². The first kappa shape index (κ1) is 12.7. The van der Waals surface area contributed by atoms with Crippen LogP contribution >= 0.6 is 0 Å². The van der Waals surface area contributed by atoms with E-state index in [2.05, 4.69) is 0 Å². The molecule has 0 fully saturated rings. The number of benzene rings is 1. The summed E-state index contributed by atoms with van der Waals surface area (Å²) in [6.07, 6.45) is 0. The highest BCUT2D eigenvalue weighted by atomic mass is 32.2. The molecule has 1 rings (SSSR count). The summed E-state index contributed by atoms with van der Waals surface area (Å²) in [6.45, 7) is 2.76. The Hall–Kier alpha value is -1.40. The normalized spacial score (nSPS) is 15.4. The minimum absolute atomic E-state index is 0.0921. The molecule has 0 saturated carbocycles. The molecule has 0 bridgehead atoms. The van der Waals surface area contributed by atoms with Crippen molar-refractivity contribution in [1.29, 1.82) is 0 Å². The lowest BCUT2D eigenvalue weighted by Gasteiger charge is -2.19. The van der Waals surface area contributed by atoms with Crippen molar-refractivity contribution in [3.8, 4) is 0 Å². The van der Waals surface area contributed by atoms with Crippen LogP contribution in [0.25, 0.3) is 0 Å². The molecule has 5 nitrogen and oxygen atoms in total. The molecule has 0 heterocycles. The van der Waals surface area contributed by atoms with Crippen molar-refractivity contribution in [2.24, 2.45) is 5.73 Å². The van der Waals surface area contributed by atoms with Crippen LogP contribution < -0.4 is 5.73 Å². The van der Waals surface area contributed by atoms with Crippen molar-refractivity contribution in [2.45, 2.75) is 23.6 Å². The van der Waals surface area contributed by atoms with Crippen LogP contribution in [0.4, 0.5) is 0 Å². The summed E-state index contributed by atoms with van der Waals surface area (Å²) in [5.74, 6) is -1.58. The van der Waals surface area contributed by atoms with Crippen molar-refractivity contribution in [1.82, 2.24) is 0 Å². The minimum Gasteiger partial charge on any atom is -0.479 e. The first-order chi connectivity index (χ1) is 7.19. The van der Waals surface area contributed by atoms with E-state index in [-0.39, 0.29) is 4.90 Å². The van der Waals surface area contributed by atoms with E-state index in [4.69, 9.17) is 10.8 Å². The first-order valence-electron chi connectivity index (χ1n) is 4.53. The Labute approximate surface area is 93.8 Å². The van der Waals surface area contributed by atoms with Crippen molar-refractivity contribution < 1.29 is 18.3 Å². The predicted molar refractivity (Wildman–Crippen MR) is 58.6 cm³/mol. The molecule has 1 unspecified atom stereocenters. The van der Waals surface area contributed by atoms with Crippen molar-refractivity contribution >= 4 is 15.8 Å². The maximum atomic E-state index is 11.9. The molecule has 1 atom stereocenters. The number of sulfone groups is 1. The van der Waals surface area contributed by atoms with E-state index in [9.17, 15) is 13.2 Å². The molecule has 3 N–H and O–H groups in total. The van der Waals surface area contributed by atoms with Gasteiger partial charge in [0.05, 0.1) is 4.90 Å². The van der Waals surface area contributed by atoms with Gasteiger partial charge < -0.3 is 10.8 Å². The lowest BCUT2D eigenvalue weighted by molar-refractivity contribution is -0.139. The Bertz CT molecular complexity index is 502. The monoisotopic (exact) mass is 243 g/mol. The van der Waals surface area contributed by atoms with Gasteiger partial charge in [-0.25, -0.2) is 13.2 Å². The van der Waals surface area contributed by atoms with Crippen LogP contribution in [-0.4, -0.2) is 24.4 Å². The van der Waals surface area contributed by atoms with Gasteiger partial charge in [-0.3, -0.25) is 0 Å². The number of nitrogens with two attached hydrogens (primary N) is 1. The van der Waals surface area contributed by atoms with E-state index in [1.807, 2.05) is 0 Å². The molecule has 0 spiro atoms. The zero-order valence-electron chi connectivity index (χ0n) is 8.97. The van der Waals surface area contributed by atoms with Gasteiger partial charge in [0.25, 0.3) is 0 Å². The number of rotatable bonds is 3. The van der Waals surface area contributed by atoms with Gasteiger partial charge in [-0.05, 0) is 26.0 Å². The molecule has 0 saturated heterocycles. The fourth-order valence-electron chi connectivity index (χ4n) is 1.08. The van der Waals surface area contributed by atoms with E-state index < -0.39 is 20.7 Å². The minimum atomic E-state index is -4.08. The maximum absolute atomic E-state index is 11.9. The Morgan fingerprint density at radius 2 is 1.75 bits per heavy atom. The Morgan fingerprint density at radius 3 is 2.12 bits per heavy atom. The van der Waals surface area contributed by atoms with Crippen molar-refractivity contribution in [2.75, 3.05) is 0 Å². The third-order valence-electron chi connectivity index (χ3n) is 2.31. The number of hydrogen-bond donors (Lipinski definition) is 2. The summed E-state index contributed by atoms with van der Waals surface area (Å²) in [5, 5.41) is 8.79. The van der Waals surface area contributed by atoms with Gasteiger partial charge in [0.2, 0.25) is 14.7 Å². The largest absolute Gasteiger partial charge is 0.479 e. The Morgan fingerprint density at radius 1 is 1.31 bits per heavy atom. The average Bonchev–Trinajstić information content (AvgIpc) is 2.17. The fourth-order valence-corrected chi connectivity index (χ4v) is 2.29. The highest BCUT2D eigenvalue weighted by Crippen LogP contribution is 2.21. The van der Waals surface area contributed by atoms with Gasteiger partial charge in [0, 0.05) is 0 Å². The van der Waals surface area contributed by atoms with Gasteiger partial charge in [-0.2, -0.15) is 0 Å². The summed E-state index contributed by atoms with van der Waals surface area (Å²) in [7, 11) is -4.08. The van der Waals surface area contributed by atoms with Crippen molar-refractivity contribution in [3.63, 3.8) is 0 Å². The summed E-state index contributed by atoms with van der Waals surface area (Å²) in [6, 6.07) is 5.87. The zero-order chi connectivity index (χ0) is 12.6. The van der Waals surface area contributed by atoms with Gasteiger partial charge in [-0.15, -0.1) is 0 Å². The molecule has 16 heavy (non-hydrogen) atoms. The fraction of sp³-hybridized carbons (Fsp3) is 0.300. The molecular weight excluding hydrogens is 230 g/mol. The molecule has 0 amide bonds. The summed E-state index contributed by atoms with van der Waals surface area (Å²) in [5.41, 5.74) is 6.20. The van der Waals surface area contributed by atoms with Crippen LogP contribution in [0.3, 0.4) is 0 Å². The van der Waals surface area contributed by atoms with E-state index in [1.54, 1.807) is 19.1 Å². The Balaban J connectivity index is 3.33. The number of hydrogen-bond acceptors (Lipinski definition) is 4. The smallest absolute Gasteiger partial charge is 0.339 e. The van der Waals surface area contributed by atoms with Crippen LogP contribution in [0.5, 0.6) is 0 Å². The molecule has 0 aliphatic carbocycles. The average molecular weight is 243 g/mol. The summed E-state index contributed by atoms with van der Waals surface area (Å²) >= 11 is 0. The number of carboxylic acid groups (broad SMARTS) is 1. The van der Waals surface area contributed by atoms with Crippen LogP contribution in [0.1, 0.15) is 12.5 Å². The van der Waals surface area contributed by atoms with E-state index in [1.165, 1.54) is 12.1 Å². The second-order valence-corrected chi connectivity index (χ2v) is 6.06. The SMILES string of the molecule is Cc1ccc(S(=O)(=O)C(C)(N)C(=O)O)cc1. The van der Waals surface area contributed by atoms with Crippen molar-refractivity contribution in [3.05, 3.63) is 29.8 Å². The second-order valence-electron chi connectivity index (χ2n) is 3.73. The maximum Gasteiger partial charge on any atom is 0.339 e. The highest BCUT2D eigenvalue weighted by molar-refractivity contribution is 7.93. The number of aliphatic carboxylic acids is 1. The number of aryl methyl sites for hydroxylation is 1. The molecule has 0 radical (unpaired) electrons. The summed E-state index contributed by atoms with van der Waals surface area (Å²) in [4.78, 5) is 8.39. The Kier molecular flexibility index (Phi) is 3.07. The standard InChI is InChI=1S/C10H13NO4S/c1-7-3-5-8(6-4-7)16(14,15)10(2,11)9(12)13/h3-6H,11H2,1-2H3,(H,12,13). The molecule has 88 valence electrons. The topological polar surface area (TPSA) is 97.5 Å². The molecular formula is C10H13NO4S. The summed E-state index contributed by atoms with van der Waals surface area (Å²) < 4.78 is 23.8. The molecule has 1 aromatic carbocycles. The first-order valence-corrected chi connectivity index (χ1v) is 6.01. The molecule has 1 aromatic rings. The van der Waals surface area contributed by atoms with Gasteiger partial charge in [0.1, 0.15) is 0 Å². The lowest BCUT2D eigenvalue weighted by atomic mass is 10.2. The van der Waals surface area contributed by atoms with Gasteiger partial charge >= 0.3 is 5.97 Å². The molecule has 0 aromatic heterocycles.